The molecule has 0 saturated heterocycles. The first-order chi connectivity index (χ1) is 9.83. The summed E-state index contributed by atoms with van der Waals surface area (Å²) in [5, 5.41) is 3.77. The molecule has 0 aromatic heterocycles. The van der Waals surface area contributed by atoms with E-state index in [0.29, 0.717) is 6.04 Å². The molecule has 1 heterocycles. The van der Waals surface area contributed by atoms with Gasteiger partial charge in [-0.3, -0.25) is 0 Å². The van der Waals surface area contributed by atoms with E-state index in [2.05, 4.69) is 11.4 Å². The van der Waals surface area contributed by atoms with Crippen molar-refractivity contribution in [3.63, 3.8) is 0 Å². The first-order valence-corrected chi connectivity index (χ1v) is 8.96. The van der Waals surface area contributed by atoms with E-state index in [-0.39, 0.29) is 5.82 Å². The number of nitrogens with one attached hydrogen (secondary N) is 1. The summed E-state index contributed by atoms with van der Waals surface area (Å²) in [6.45, 7) is 1.14. The minimum Gasteiger partial charge on any atom is -0.310 e. The molecule has 108 valence electrons. The molecule has 1 unspecified atom stereocenters. The molecule has 1 nitrogen and oxygen atoms in total. The molecule has 1 aromatic rings. The predicted molar refractivity (Wildman–Crippen MR) is 81.4 cm³/mol. The lowest BCUT2D eigenvalue weighted by Gasteiger charge is -2.28. The predicted octanol–water partition coefficient (Wildman–Crippen LogP) is 4.39. The van der Waals surface area contributed by atoms with Gasteiger partial charge in [0.2, 0.25) is 0 Å². The van der Waals surface area contributed by atoms with Crippen LogP contribution in [0.5, 0.6) is 0 Å². The Labute approximate surface area is 124 Å². The van der Waals surface area contributed by atoms with E-state index in [1.807, 2.05) is 6.07 Å². The normalized spacial score (nSPS) is 25.8. The lowest BCUT2D eigenvalue weighted by atomic mass is 9.96. The van der Waals surface area contributed by atoms with Gasteiger partial charge in [0.15, 0.2) is 0 Å². The molecule has 0 spiro atoms. The fourth-order valence-electron chi connectivity index (χ4n) is 3.64. The molecule has 0 bridgehead atoms. The van der Waals surface area contributed by atoms with Crippen LogP contribution >= 0.6 is 11.8 Å². The number of fused-ring (bicyclic) bond motifs is 1. The Hall–Kier alpha value is -0.540. The summed E-state index contributed by atoms with van der Waals surface area (Å²) in [5.41, 5.74) is 1.19. The fraction of sp³-hybridized carbons (Fsp3) is 0.647. The summed E-state index contributed by atoms with van der Waals surface area (Å²) in [7, 11) is 0. The van der Waals surface area contributed by atoms with E-state index in [1.165, 1.54) is 31.2 Å². The van der Waals surface area contributed by atoms with Gasteiger partial charge >= 0.3 is 0 Å². The van der Waals surface area contributed by atoms with Crippen molar-refractivity contribution in [2.24, 2.45) is 17.8 Å². The Kier molecular flexibility index (Phi) is 3.51. The van der Waals surface area contributed by atoms with E-state index in [9.17, 15) is 4.39 Å². The maximum absolute atomic E-state index is 13.9. The molecule has 0 amide bonds. The lowest BCUT2D eigenvalue weighted by Crippen LogP contribution is -2.31. The van der Waals surface area contributed by atoms with E-state index in [4.69, 9.17) is 0 Å². The topological polar surface area (TPSA) is 12.0 Å². The first-order valence-electron chi connectivity index (χ1n) is 7.97. The number of halogens is 1. The van der Waals surface area contributed by atoms with Crippen LogP contribution in [0, 0.1) is 23.6 Å². The smallest absolute Gasteiger partial charge is 0.137 e. The minimum atomic E-state index is -0.0417. The van der Waals surface area contributed by atoms with Crippen molar-refractivity contribution in [3.05, 3.63) is 29.6 Å². The molecular weight excluding hydrogens is 269 g/mol. The lowest BCUT2D eigenvalue weighted by molar-refractivity contribution is 0.350. The molecule has 1 atom stereocenters. The Balaban J connectivity index is 1.45. The highest BCUT2D eigenvalue weighted by Crippen LogP contribution is 2.49. The molecule has 3 heteroatoms. The first kappa shape index (κ1) is 13.1. The van der Waals surface area contributed by atoms with Crippen LogP contribution in [0.25, 0.3) is 0 Å². The zero-order chi connectivity index (χ0) is 13.5. The van der Waals surface area contributed by atoms with E-state index < -0.39 is 0 Å². The van der Waals surface area contributed by atoms with Gasteiger partial charge in [0, 0.05) is 10.9 Å². The van der Waals surface area contributed by atoms with Gasteiger partial charge in [0.1, 0.15) is 5.82 Å². The van der Waals surface area contributed by atoms with E-state index in [0.717, 1.165) is 41.4 Å². The van der Waals surface area contributed by atoms with Gasteiger partial charge in [-0.2, -0.15) is 0 Å². The SMILES string of the molecule is Fc1cccc2c1SCCC2NCC(C1CC1)C1CC1. The Morgan fingerprint density at radius 1 is 1.15 bits per heavy atom. The summed E-state index contributed by atoms with van der Waals surface area (Å²) in [6, 6.07) is 5.91. The molecule has 2 aliphatic carbocycles. The van der Waals surface area contributed by atoms with Crippen LogP contribution in [0.4, 0.5) is 4.39 Å². The van der Waals surface area contributed by atoms with Crippen molar-refractivity contribution in [3.8, 4) is 0 Å². The highest BCUT2D eigenvalue weighted by molar-refractivity contribution is 7.99. The van der Waals surface area contributed by atoms with Gasteiger partial charge in [-0.15, -0.1) is 11.8 Å². The van der Waals surface area contributed by atoms with Gasteiger partial charge in [-0.1, -0.05) is 12.1 Å². The third kappa shape index (κ3) is 2.62. The molecule has 4 rings (SSSR count). The Bertz CT molecular complexity index is 484. The summed E-state index contributed by atoms with van der Waals surface area (Å²) < 4.78 is 13.9. The van der Waals surface area contributed by atoms with E-state index in [1.54, 1.807) is 17.8 Å². The number of rotatable bonds is 5. The van der Waals surface area contributed by atoms with Gasteiger partial charge in [-0.05, 0) is 73.8 Å². The largest absolute Gasteiger partial charge is 0.310 e. The van der Waals surface area contributed by atoms with Crippen molar-refractivity contribution in [1.82, 2.24) is 5.32 Å². The second-order valence-electron chi connectivity index (χ2n) is 6.59. The third-order valence-corrected chi connectivity index (χ3v) is 6.24. The van der Waals surface area contributed by atoms with Crippen LogP contribution in [0.3, 0.4) is 0 Å². The summed E-state index contributed by atoms with van der Waals surface area (Å²) in [5.74, 6) is 3.85. The Morgan fingerprint density at radius 3 is 2.60 bits per heavy atom. The van der Waals surface area contributed by atoms with Crippen molar-refractivity contribution in [2.45, 2.75) is 43.0 Å². The maximum Gasteiger partial charge on any atom is 0.137 e. The standard InChI is InChI=1S/C17H22FNS/c18-15-3-1-2-13-16(8-9-20-17(13)15)19-10-14(11-4-5-11)12-6-7-12/h1-3,11-12,14,16,19H,4-10H2. The molecule has 20 heavy (non-hydrogen) atoms. The third-order valence-electron chi connectivity index (χ3n) is 5.08. The van der Waals surface area contributed by atoms with Gasteiger partial charge in [-0.25, -0.2) is 4.39 Å². The van der Waals surface area contributed by atoms with Crippen molar-refractivity contribution in [2.75, 3.05) is 12.3 Å². The zero-order valence-electron chi connectivity index (χ0n) is 11.8. The van der Waals surface area contributed by atoms with Crippen LogP contribution < -0.4 is 5.32 Å². The van der Waals surface area contributed by atoms with Crippen molar-refractivity contribution < 1.29 is 4.39 Å². The monoisotopic (exact) mass is 291 g/mol. The molecule has 1 aliphatic heterocycles. The summed E-state index contributed by atoms with van der Waals surface area (Å²) in [6.07, 6.45) is 6.88. The minimum absolute atomic E-state index is 0.0417. The van der Waals surface area contributed by atoms with Crippen LogP contribution in [-0.4, -0.2) is 12.3 Å². The molecule has 1 N–H and O–H groups in total. The van der Waals surface area contributed by atoms with Crippen LogP contribution in [0.1, 0.15) is 43.7 Å². The van der Waals surface area contributed by atoms with Gasteiger partial charge < -0.3 is 5.32 Å². The second-order valence-corrected chi connectivity index (χ2v) is 7.70. The van der Waals surface area contributed by atoms with E-state index >= 15 is 0 Å². The van der Waals surface area contributed by atoms with Crippen molar-refractivity contribution >= 4 is 11.8 Å². The van der Waals surface area contributed by atoms with Gasteiger partial charge in [0.05, 0.1) is 0 Å². The highest BCUT2D eigenvalue weighted by Gasteiger charge is 2.41. The number of hydrogen-bond acceptors (Lipinski definition) is 2. The quantitative estimate of drug-likeness (QED) is 0.863. The Morgan fingerprint density at radius 2 is 1.90 bits per heavy atom. The zero-order valence-corrected chi connectivity index (χ0v) is 12.6. The maximum atomic E-state index is 13.9. The molecule has 2 fully saturated rings. The molecule has 0 radical (unpaired) electrons. The average Bonchev–Trinajstić information content (AvgIpc) is 3.34. The van der Waals surface area contributed by atoms with Crippen LogP contribution in [0.15, 0.2) is 23.1 Å². The van der Waals surface area contributed by atoms with Crippen LogP contribution in [0.2, 0.25) is 0 Å². The fourth-order valence-corrected chi connectivity index (χ4v) is 4.78. The molecular formula is C17H22FNS. The summed E-state index contributed by atoms with van der Waals surface area (Å²) >= 11 is 1.68. The molecule has 1 aromatic carbocycles. The second kappa shape index (κ2) is 5.34. The number of benzene rings is 1. The van der Waals surface area contributed by atoms with Gasteiger partial charge in [0.25, 0.3) is 0 Å². The summed E-state index contributed by atoms with van der Waals surface area (Å²) in [4.78, 5) is 0.880. The van der Waals surface area contributed by atoms with Crippen LogP contribution in [-0.2, 0) is 0 Å². The number of hydrogen-bond donors (Lipinski definition) is 1. The highest BCUT2D eigenvalue weighted by atomic mass is 32.2. The average molecular weight is 291 g/mol. The molecule has 2 saturated carbocycles. The van der Waals surface area contributed by atoms with Crippen molar-refractivity contribution in [1.29, 1.82) is 0 Å². The molecule has 3 aliphatic rings. The number of thioether (sulfide) groups is 1.